The Kier molecular flexibility index (Phi) is 4.63. The third-order valence-electron chi connectivity index (χ3n) is 3.53. The van der Waals surface area contributed by atoms with Crippen molar-refractivity contribution in [3.8, 4) is 6.07 Å². The molecule has 0 amide bonds. The molecule has 1 N–H and O–H groups in total. The first kappa shape index (κ1) is 16.2. The molecule has 1 aliphatic rings. The molecule has 0 saturated carbocycles. The summed E-state index contributed by atoms with van der Waals surface area (Å²) >= 11 is 0. The topological polar surface area (TPSA) is 116 Å². The predicted molar refractivity (Wildman–Crippen MR) is 81.0 cm³/mol. The Morgan fingerprint density at radius 1 is 1.41 bits per heavy atom. The predicted octanol–water partition coefficient (Wildman–Crippen LogP) is 0.984. The lowest BCUT2D eigenvalue weighted by Gasteiger charge is -2.34. The van der Waals surface area contributed by atoms with E-state index in [-0.39, 0.29) is 17.3 Å². The summed E-state index contributed by atoms with van der Waals surface area (Å²) in [5.74, 6) is 0. The highest BCUT2D eigenvalue weighted by Crippen LogP contribution is 2.27. The van der Waals surface area contributed by atoms with Crippen LogP contribution >= 0.6 is 0 Å². The monoisotopic (exact) mass is 324 g/mol. The van der Waals surface area contributed by atoms with Crippen molar-refractivity contribution in [2.75, 3.05) is 24.2 Å². The SMILES string of the molecule is CS(=O)(=O)NC1CCN(c2ccc([N+](=O)[O-])cc2C#N)CC1. The number of nitrogens with one attached hydrogen (secondary N) is 1. The fraction of sp³-hybridized carbons (Fsp3) is 0.462. The minimum atomic E-state index is -3.23. The molecule has 2 rings (SSSR count). The van der Waals surface area contributed by atoms with Crippen LogP contribution in [0, 0.1) is 21.4 Å². The molecule has 0 unspecified atom stereocenters. The number of nitro groups is 1. The number of rotatable bonds is 4. The van der Waals surface area contributed by atoms with Crippen LogP contribution in [0.4, 0.5) is 11.4 Å². The molecular weight excluding hydrogens is 308 g/mol. The quantitative estimate of drug-likeness (QED) is 0.652. The first-order chi connectivity index (χ1) is 10.3. The molecule has 1 saturated heterocycles. The van der Waals surface area contributed by atoms with Crippen LogP contribution in [0.3, 0.4) is 0 Å². The van der Waals surface area contributed by atoms with Crippen LogP contribution in [0.25, 0.3) is 0 Å². The second-order valence-corrected chi connectivity index (χ2v) is 7.00. The van der Waals surface area contributed by atoms with Gasteiger partial charge in [0, 0.05) is 31.3 Å². The van der Waals surface area contributed by atoms with Crippen molar-refractivity contribution in [3.63, 3.8) is 0 Å². The van der Waals surface area contributed by atoms with Crippen molar-refractivity contribution >= 4 is 21.4 Å². The largest absolute Gasteiger partial charge is 0.370 e. The molecule has 0 aromatic heterocycles. The summed E-state index contributed by atoms with van der Waals surface area (Å²) in [5, 5.41) is 19.9. The second kappa shape index (κ2) is 6.29. The average molecular weight is 324 g/mol. The van der Waals surface area contributed by atoms with Gasteiger partial charge < -0.3 is 4.90 Å². The number of hydrogen-bond acceptors (Lipinski definition) is 6. The molecule has 1 aromatic rings. The normalized spacial score (nSPS) is 16.3. The van der Waals surface area contributed by atoms with Crippen LogP contribution in [0.5, 0.6) is 0 Å². The molecule has 1 fully saturated rings. The van der Waals surface area contributed by atoms with Gasteiger partial charge in [0.15, 0.2) is 0 Å². The number of nitrogens with zero attached hydrogens (tertiary/aromatic N) is 3. The van der Waals surface area contributed by atoms with Gasteiger partial charge in [0.1, 0.15) is 6.07 Å². The highest BCUT2D eigenvalue weighted by molar-refractivity contribution is 7.88. The number of nitriles is 1. The standard InChI is InChI=1S/C13H16N4O4S/c1-22(20,21)15-11-4-6-16(7-5-11)13-3-2-12(17(18)19)8-10(13)9-14/h2-3,8,11,15H,4-7H2,1H3. The maximum absolute atomic E-state index is 11.2. The van der Waals surface area contributed by atoms with E-state index in [9.17, 15) is 18.5 Å². The average Bonchev–Trinajstić information content (AvgIpc) is 2.45. The molecule has 0 radical (unpaired) electrons. The maximum atomic E-state index is 11.2. The van der Waals surface area contributed by atoms with E-state index in [2.05, 4.69) is 4.72 Å². The van der Waals surface area contributed by atoms with Gasteiger partial charge in [-0.15, -0.1) is 0 Å². The Morgan fingerprint density at radius 3 is 2.55 bits per heavy atom. The van der Waals surface area contributed by atoms with E-state index in [0.29, 0.717) is 31.6 Å². The number of non-ortho nitro benzene ring substituents is 1. The van der Waals surface area contributed by atoms with Gasteiger partial charge >= 0.3 is 0 Å². The van der Waals surface area contributed by atoms with Gasteiger partial charge in [-0.3, -0.25) is 10.1 Å². The van der Waals surface area contributed by atoms with E-state index in [4.69, 9.17) is 5.26 Å². The van der Waals surface area contributed by atoms with Gasteiger partial charge in [-0.05, 0) is 18.9 Å². The van der Waals surface area contributed by atoms with E-state index in [1.165, 1.54) is 12.1 Å². The van der Waals surface area contributed by atoms with Crippen LogP contribution in [0.1, 0.15) is 18.4 Å². The van der Waals surface area contributed by atoms with Gasteiger partial charge in [-0.2, -0.15) is 5.26 Å². The lowest BCUT2D eigenvalue weighted by molar-refractivity contribution is -0.384. The van der Waals surface area contributed by atoms with E-state index in [1.54, 1.807) is 6.07 Å². The van der Waals surface area contributed by atoms with E-state index >= 15 is 0 Å². The molecular formula is C13H16N4O4S. The zero-order valence-corrected chi connectivity index (χ0v) is 12.8. The van der Waals surface area contributed by atoms with Crippen molar-refractivity contribution in [1.82, 2.24) is 4.72 Å². The molecule has 0 atom stereocenters. The minimum absolute atomic E-state index is 0.116. The molecule has 1 aliphatic heterocycles. The number of hydrogen-bond donors (Lipinski definition) is 1. The Balaban J connectivity index is 2.12. The maximum Gasteiger partial charge on any atom is 0.270 e. The molecule has 22 heavy (non-hydrogen) atoms. The van der Waals surface area contributed by atoms with Crippen LogP contribution < -0.4 is 9.62 Å². The summed E-state index contributed by atoms with van der Waals surface area (Å²) in [6.07, 6.45) is 2.37. The summed E-state index contributed by atoms with van der Waals surface area (Å²) in [4.78, 5) is 12.2. The van der Waals surface area contributed by atoms with Crippen molar-refractivity contribution < 1.29 is 13.3 Å². The molecule has 8 nitrogen and oxygen atoms in total. The third kappa shape index (κ3) is 3.93. The summed E-state index contributed by atoms with van der Waals surface area (Å²) < 4.78 is 25.0. The zero-order valence-electron chi connectivity index (χ0n) is 12.0. The van der Waals surface area contributed by atoms with Gasteiger partial charge in [0.2, 0.25) is 10.0 Å². The van der Waals surface area contributed by atoms with Crippen molar-refractivity contribution in [2.45, 2.75) is 18.9 Å². The Morgan fingerprint density at radius 2 is 2.05 bits per heavy atom. The van der Waals surface area contributed by atoms with E-state index in [0.717, 1.165) is 6.26 Å². The Hall–Kier alpha value is -2.18. The molecule has 9 heteroatoms. The van der Waals surface area contributed by atoms with Gasteiger partial charge in [-0.1, -0.05) is 0 Å². The molecule has 1 heterocycles. The van der Waals surface area contributed by atoms with Crippen LogP contribution in [-0.2, 0) is 10.0 Å². The summed E-state index contributed by atoms with van der Waals surface area (Å²) in [7, 11) is -3.23. The zero-order chi connectivity index (χ0) is 16.3. The molecule has 1 aromatic carbocycles. The van der Waals surface area contributed by atoms with Gasteiger partial charge in [-0.25, -0.2) is 13.1 Å². The van der Waals surface area contributed by atoms with Crippen LogP contribution in [0.15, 0.2) is 18.2 Å². The van der Waals surface area contributed by atoms with Gasteiger partial charge in [0.25, 0.3) is 5.69 Å². The van der Waals surface area contributed by atoms with Crippen LogP contribution in [-0.4, -0.2) is 38.7 Å². The lowest BCUT2D eigenvalue weighted by atomic mass is 10.0. The van der Waals surface area contributed by atoms with E-state index < -0.39 is 14.9 Å². The fourth-order valence-electron chi connectivity index (χ4n) is 2.54. The minimum Gasteiger partial charge on any atom is -0.370 e. The van der Waals surface area contributed by atoms with Crippen molar-refractivity contribution in [2.24, 2.45) is 0 Å². The molecule has 0 spiro atoms. The molecule has 0 bridgehead atoms. The summed E-state index contributed by atoms with van der Waals surface area (Å²) in [5.41, 5.74) is 0.781. The molecule has 0 aliphatic carbocycles. The number of nitro benzene ring substituents is 1. The summed E-state index contributed by atoms with van der Waals surface area (Å²) in [6, 6.07) is 6.07. The van der Waals surface area contributed by atoms with E-state index in [1.807, 2.05) is 11.0 Å². The van der Waals surface area contributed by atoms with Gasteiger partial charge in [0.05, 0.1) is 22.4 Å². The first-order valence-electron chi connectivity index (χ1n) is 6.71. The Labute approximate surface area is 128 Å². The summed E-state index contributed by atoms with van der Waals surface area (Å²) in [6.45, 7) is 1.17. The third-order valence-corrected chi connectivity index (χ3v) is 4.29. The van der Waals surface area contributed by atoms with Crippen LogP contribution in [0.2, 0.25) is 0 Å². The highest BCUT2D eigenvalue weighted by Gasteiger charge is 2.24. The number of sulfonamides is 1. The smallest absolute Gasteiger partial charge is 0.270 e. The lowest BCUT2D eigenvalue weighted by Crippen LogP contribution is -2.44. The molecule has 118 valence electrons. The Bertz CT molecular complexity index is 718. The number of benzene rings is 1. The number of anilines is 1. The fourth-order valence-corrected chi connectivity index (χ4v) is 3.39. The van der Waals surface area contributed by atoms with Crippen molar-refractivity contribution in [1.29, 1.82) is 5.26 Å². The van der Waals surface area contributed by atoms with Crippen molar-refractivity contribution in [3.05, 3.63) is 33.9 Å². The highest BCUT2D eigenvalue weighted by atomic mass is 32.2. The number of piperidine rings is 1. The first-order valence-corrected chi connectivity index (χ1v) is 8.60. The second-order valence-electron chi connectivity index (χ2n) is 5.22.